The normalized spacial score (nSPS) is 16.0. The fraction of sp³-hybridized carbons (Fsp3) is 0.568. The van der Waals surface area contributed by atoms with Crippen molar-refractivity contribution in [3.05, 3.63) is 71.3 Å². The topological polar surface area (TPSA) is 41.9 Å². The zero-order valence-electron chi connectivity index (χ0n) is 26.7. The Balaban J connectivity index is 0.00000616. The first-order valence-electron chi connectivity index (χ1n) is 16.2. The number of para-hydroxylation sites is 1. The molecule has 42 heavy (non-hydrogen) atoms. The minimum absolute atomic E-state index is 0. The van der Waals surface area contributed by atoms with E-state index in [1.807, 2.05) is 29.3 Å². The first-order chi connectivity index (χ1) is 19.9. The monoisotopic (exact) mass is 638 g/mol. The van der Waals surface area contributed by atoms with Crippen molar-refractivity contribution in [3.63, 3.8) is 0 Å². The summed E-state index contributed by atoms with van der Waals surface area (Å²) in [5, 5.41) is 0. The molecule has 0 N–H and O–H groups in total. The van der Waals surface area contributed by atoms with Crippen molar-refractivity contribution < 1.29 is 9.53 Å². The number of rotatable bonds is 19. The van der Waals surface area contributed by atoms with Gasteiger partial charge in [-0.05, 0) is 54.7 Å². The van der Waals surface area contributed by atoms with Gasteiger partial charge in [0.2, 0.25) is 5.91 Å². The van der Waals surface area contributed by atoms with E-state index in [2.05, 4.69) is 62.2 Å². The summed E-state index contributed by atoms with van der Waals surface area (Å²) in [4.78, 5) is 19.3. The predicted octanol–water partition coefficient (Wildman–Crippen LogP) is 10.5. The molecule has 1 aliphatic heterocycles. The SMILES string of the molecule is Br.CCCCCCCCCCCCCCOc1ccc(CN(C(C)=O)c2ccccc2CC2(C)C=C(C)C=NC2)cc1. The minimum atomic E-state index is -0.0517. The summed E-state index contributed by atoms with van der Waals surface area (Å²) < 4.78 is 6.02. The van der Waals surface area contributed by atoms with Gasteiger partial charge in [0.05, 0.1) is 13.2 Å². The van der Waals surface area contributed by atoms with E-state index < -0.39 is 0 Å². The smallest absolute Gasteiger partial charge is 0.224 e. The van der Waals surface area contributed by atoms with Crippen LogP contribution < -0.4 is 9.64 Å². The van der Waals surface area contributed by atoms with Crippen LogP contribution in [0.1, 0.15) is 116 Å². The molecule has 1 amide bonds. The molecule has 0 saturated carbocycles. The van der Waals surface area contributed by atoms with Crippen molar-refractivity contribution in [1.29, 1.82) is 0 Å². The number of anilines is 1. The van der Waals surface area contributed by atoms with Crippen LogP contribution in [-0.2, 0) is 17.8 Å². The summed E-state index contributed by atoms with van der Waals surface area (Å²) in [5.41, 5.74) is 4.39. The molecule has 232 valence electrons. The van der Waals surface area contributed by atoms with E-state index in [0.717, 1.165) is 43.0 Å². The molecule has 0 aliphatic carbocycles. The maximum atomic E-state index is 12.8. The second kappa shape index (κ2) is 19.7. The third kappa shape index (κ3) is 12.9. The second-order valence-electron chi connectivity index (χ2n) is 12.3. The van der Waals surface area contributed by atoms with Gasteiger partial charge in [-0.3, -0.25) is 9.79 Å². The molecule has 1 atom stereocenters. The number of unbranched alkanes of at least 4 members (excludes halogenated alkanes) is 11. The van der Waals surface area contributed by atoms with Crippen LogP contribution in [0.5, 0.6) is 5.75 Å². The van der Waals surface area contributed by atoms with Crippen LogP contribution in [0.2, 0.25) is 0 Å². The first-order valence-corrected chi connectivity index (χ1v) is 16.2. The fourth-order valence-electron chi connectivity index (χ4n) is 5.87. The van der Waals surface area contributed by atoms with Crippen molar-refractivity contribution >= 4 is 34.8 Å². The lowest BCUT2D eigenvalue weighted by molar-refractivity contribution is -0.116. The molecule has 3 rings (SSSR count). The molecule has 1 aliphatic rings. The Hall–Kier alpha value is -2.40. The zero-order valence-corrected chi connectivity index (χ0v) is 28.4. The number of hydrogen-bond acceptors (Lipinski definition) is 3. The summed E-state index contributed by atoms with van der Waals surface area (Å²) in [5.74, 6) is 0.947. The molecule has 2 aromatic rings. The number of nitrogens with zero attached hydrogens (tertiary/aromatic N) is 2. The lowest BCUT2D eigenvalue weighted by Crippen LogP contribution is -2.30. The Bertz CT molecular complexity index is 1110. The predicted molar refractivity (Wildman–Crippen MR) is 186 cm³/mol. The molecule has 0 fully saturated rings. The van der Waals surface area contributed by atoms with Gasteiger partial charge in [-0.25, -0.2) is 0 Å². The molecule has 0 saturated heterocycles. The van der Waals surface area contributed by atoms with Gasteiger partial charge in [0.25, 0.3) is 0 Å². The maximum absolute atomic E-state index is 12.8. The molecule has 0 radical (unpaired) electrons. The fourth-order valence-corrected chi connectivity index (χ4v) is 5.87. The van der Waals surface area contributed by atoms with Gasteiger partial charge in [0, 0.05) is 30.8 Å². The molecule has 4 nitrogen and oxygen atoms in total. The van der Waals surface area contributed by atoms with Gasteiger partial charge in [0.15, 0.2) is 0 Å². The number of amides is 1. The van der Waals surface area contributed by atoms with Crippen molar-refractivity contribution in [2.75, 3.05) is 18.1 Å². The number of ether oxygens (including phenoxy) is 1. The largest absolute Gasteiger partial charge is 0.494 e. The number of hydrogen-bond donors (Lipinski definition) is 0. The average molecular weight is 640 g/mol. The average Bonchev–Trinajstić information content (AvgIpc) is 2.95. The van der Waals surface area contributed by atoms with Crippen molar-refractivity contribution in [3.8, 4) is 5.75 Å². The van der Waals surface area contributed by atoms with Gasteiger partial charge >= 0.3 is 0 Å². The van der Waals surface area contributed by atoms with E-state index in [-0.39, 0.29) is 28.3 Å². The van der Waals surface area contributed by atoms with Crippen LogP contribution >= 0.6 is 17.0 Å². The van der Waals surface area contributed by atoms with Gasteiger partial charge in [-0.1, -0.05) is 121 Å². The van der Waals surface area contributed by atoms with Crippen molar-refractivity contribution in [1.82, 2.24) is 0 Å². The maximum Gasteiger partial charge on any atom is 0.224 e. The number of halogens is 1. The van der Waals surface area contributed by atoms with E-state index in [0.29, 0.717) is 6.54 Å². The highest BCUT2D eigenvalue weighted by molar-refractivity contribution is 8.93. The summed E-state index contributed by atoms with van der Waals surface area (Å²) in [6.07, 6.45) is 21.3. The summed E-state index contributed by atoms with van der Waals surface area (Å²) in [6.45, 7) is 10.3. The van der Waals surface area contributed by atoms with Crippen LogP contribution in [0.25, 0.3) is 0 Å². The number of benzene rings is 2. The molecule has 0 bridgehead atoms. The Morgan fingerprint density at radius 3 is 2.07 bits per heavy atom. The van der Waals surface area contributed by atoms with Crippen LogP contribution in [0.3, 0.4) is 0 Å². The van der Waals surface area contributed by atoms with E-state index in [4.69, 9.17) is 4.74 Å². The Kier molecular flexibility index (Phi) is 16.8. The summed E-state index contributed by atoms with van der Waals surface area (Å²) in [6, 6.07) is 16.5. The van der Waals surface area contributed by atoms with Crippen LogP contribution in [0.15, 0.2) is 65.2 Å². The van der Waals surface area contributed by atoms with Crippen LogP contribution in [0.4, 0.5) is 5.69 Å². The minimum Gasteiger partial charge on any atom is -0.494 e. The highest BCUT2D eigenvalue weighted by Crippen LogP contribution is 2.33. The molecule has 0 aromatic heterocycles. The molecule has 0 spiro atoms. The number of dihydropyridines is 1. The Morgan fingerprint density at radius 1 is 0.881 bits per heavy atom. The first kappa shape index (κ1) is 35.8. The van der Waals surface area contributed by atoms with Crippen molar-refractivity contribution in [2.24, 2.45) is 10.4 Å². The Labute approximate surface area is 266 Å². The van der Waals surface area contributed by atoms with Gasteiger partial charge < -0.3 is 9.64 Å². The van der Waals surface area contributed by atoms with Gasteiger partial charge in [-0.2, -0.15) is 0 Å². The van der Waals surface area contributed by atoms with E-state index in [9.17, 15) is 4.79 Å². The van der Waals surface area contributed by atoms with E-state index >= 15 is 0 Å². The van der Waals surface area contributed by atoms with Crippen molar-refractivity contribution in [2.45, 2.75) is 118 Å². The summed E-state index contributed by atoms with van der Waals surface area (Å²) >= 11 is 0. The second-order valence-corrected chi connectivity index (χ2v) is 12.3. The zero-order chi connectivity index (χ0) is 29.3. The molecule has 1 unspecified atom stereocenters. The molecule has 5 heteroatoms. The quantitative estimate of drug-likeness (QED) is 0.144. The van der Waals surface area contributed by atoms with Gasteiger partial charge in [0.1, 0.15) is 5.75 Å². The third-order valence-electron chi connectivity index (χ3n) is 8.11. The van der Waals surface area contributed by atoms with E-state index in [1.165, 1.54) is 81.8 Å². The van der Waals surface area contributed by atoms with Crippen LogP contribution in [-0.4, -0.2) is 25.3 Å². The number of aliphatic imine (C=N–C) groups is 1. The third-order valence-corrected chi connectivity index (χ3v) is 8.11. The Morgan fingerprint density at radius 2 is 1.48 bits per heavy atom. The molecule has 1 heterocycles. The van der Waals surface area contributed by atoms with Gasteiger partial charge in [-0.15, -0.1) is 17.0 Å². The lowest BCUT2D eigenvalue weighted by atomic mass is 9.80. The highest BCUT2D eigenvalue weighted by atomic mass is 79.9. The molecular weight excluding hydrogens is 584 g/mol. The lowest BCUT2D eigenvalue weighted by Gasteiger charge is -2.31. The number of carbonyl (C=O) groups is 1. The molecular formula is C37H55BrN2O2. The standard InChI is InChI=1S/C37H54N2O2.BrH/c1-5-6-7-8-9-10-11-12-13-14-15-18-25-41-35-23-21-33(22-24-35)29-39(32(3)40)36-20-17-16-19-34(36)27-37(4)26-31(2)28-38-30-37;/h16-17,19-24,26,28H,5-15,18,25,27,29-30H2,1-4H3;1H. The number of allylic oxidation sites excluding steroid dienone is 1. The van der Waals surface area contributed by atoms with Crippen LogP contribution in [0, 0.1) is 5.41 Å². The van der Waals surface area contributed by atoms with E-state index in [1.54, 1.807) is 6.92 Å². The number of carbonyl (C=O) groups excluding carboxylic acids is 1. The summed E-state index contributed by atoms with van der Waals surface area (Å²) in [7, 11) is 0. The highest BCUT2D eigenvalue weighted by Gasteiger charge is 2.26. The molecule has 2 aromatic carbocycles.